The van der Waals surface area contributed by atoms with Gasteiger partial charge in [0.05, 0.1) is 31.1 Å². The average molecular weight is 322 g/mol. The highest BCUT2D eigenvalue weighted by Gasteiger charge is 2.15. The first kappa shape index (κ1) is 14.3. The first-order valence-corrected chi connectivity index (χ1v) is 7.45. The molecular formula is C17H14N4O3. The van der Waals surface area contributed by atoms with Crippen LogP contribution in [0.25, 0.3) is 11.0 Å². The highest BCUT2D eigenvalue weighted by Crippen LogP contribution is 2.09. The molecule has 7 heteroatoms. The predicted molar refractivity (Wildman–Crippen MR) is 88.0 cm³/mol. The SMILES string of the molecule is O=c1c2[nH]ccc2n(Cc2ccncc2)c(=O)n1Cc1ccoc1. The fourth-order valence-corrected chi connectivity index (χ4v) is 2.76. The molecule has 7 nitrogen and oxygen atoms in total. The molecule has 4 aromatic heterocycles. The summed E-state index contributed by atoms with van der Waals surface area (Å²) in [6, 6.07) is 7.16. The van der Waals surface area contributed by atoms with E-state index < -0.39 is 0 Å². The van der Waals surface area contributed by atoms with Gasteiger partial charge in [-0.2, -0.15) is 0 Å². The van der Waals surface area contributed by atoms with Crippen molar-refractivity contribution in [2.75, 3.05) is 0 Å². The zero-order chi connectivity index (χ0) is 16.5. The van der Waals surface area contributed by atoms with E-state index in [1.54, 1.807) is 35.3 Å². The number of rotatable bonds is 4. The Labute approximate surface area is 135 Å². The number of furan rings is 1. The third kappa shape index (κ3) is 2.36. The third-order valence-electron chi connectivity index (χ3n) is 3.95. The molecule has 0 unspecified atom stereocenters. The monoisotopic (exact) mass is 322 g/mol. The van der Waals surface area contributed by atoms with Crippen LogP contribution in [0.15, 0.2) is 69.4 Å². The second kappa shape index (κ2) is 5.69. The summed E-state index contributed by atoms with van der Waals surface area (Å²) in [4.78, 5) is 32.4. The van der Waals surface area contributed by atoms with Crippen molar-refractivity contribution in [3.8, 4) is 0 Å². The van der Waals surface area contributed by atoms with E-state index >= 15 is 0 Å². The van der Waals surface area contributed by atoms with E-state index in [0.29, 0.717) is 17.6 Å². The highest BCUT2D eigenvalue weighted by atomic mass is 16.3. The lowest BCUT2D eigenvalue weighted by atomic mass is 10.2. The quantitative estimate of drug-likeness (QED) is 0.618. The summed E-state index contributed by atoms with van der Waals surface area (Å²) >= 11 is 0. The van der Waals surface area contributed by atoms with Crippen LogP contribution in [0.4, 0.5) is 0 Å². The number of fused-ring (bicyclic) bond motifs is 1. The van der Waals surface area contributed by atoms with Gasteiger partial charge in [0.15, 0.2) is 0 Å². The van der Waals surface area contributed by atoms with Crippen LogP contribution < -0.4 is 11.2 Å². The van der Waals surface area contributed by atoms with Crippen molar-refractivity contribution in [1.82, 2.24) is 19.1 Å². The van der Waals surface area contributed by atoms with Gasteiger partial charge in [0, 0.05) is 24.2 Å². The number of aromatic nitrogens is 4. The van der Waals surface area contributed by atoms with Crippen LogP contribution in [0.2, 0.25) is 0 Å². The Kier molecular flexibility index (Phi) is 3.38. The smallest absolute Gasteiger partial charge is 0.332 e. The van der Waals surface area contributed by atoms with Crippen molar-refractivity contribution in [1.29, 1.82) is 0 Å². The Morgan fingerprint density at radius 2 is 1.79 bits per heavy atom. The molecule has 0 saturated heterocycles. The van der Waals surface area contributed by atoms with E-state index in [9.17, 15) is 9.59 Å². The van der Waals surface area contributed by atoms with Crippen molar-refractivity contribution in [2.24, 2.45) is 0 Å². The number of nitrogens with zero attached hydrogens (tertiary/aromatic N) is 3. The van der Waals surface area contributed by atoms with Gasteiger partial charge in [-0.25, -0.2) is 4.79 Å². The number of nitrogens with one attached hydrogen (secondary N) is 1. The Hall–Kier alpha value is -3.35. The van der Waals surface area contributed by atoms with Crippen LogP contribution in [-0.2, 0) is 13.1 Å². The minimum atomic E-state index is -0.356. The first-order valence-electron chi connectivity index (χ1n) is 7.45. The maximum Gasteiger partial charge on any atom is 0.332 e. The molecule has 0 atom stereocenters. The molecule has 4 heterocycles. The predicted octanol–water partition coefficient (Wildman–Crippen LogP) is 1.58. The molecule has 0 aromatic carbocycles. The van der Waals surface area contributed by atoms with Crippen molar-refractivity contribution in [2.45, 2.75) is 13.1 Å². The van der Waals surface area contributed by atoms with Crippen LogP contribution in [0.5, 0.6) is 0 Å². The Morgan fingerprint density at radius 3 is 2.54 bits per heavy atom. The van der Waals surface area contributed by atoms with Crippen LogP contribution in [0, 0.1) is 0 Å². The first-order chi connectivity index (χ1) is 11.7. The summed E-state index contributed by atoms with van der Waals surface area (Å²) in [5, 5.41) is 0. The van der Waals surface area contributed by atoms with E-state index in [1.165, 1.54) is 17.1 Å². The molecule has 24 heavy (non-hydrogen) atoms. The fraction of sp³-hybridized carbons (Fsp3) is 0.118. The van der Waals surface area contributed by atoms with Gasteiger partial charge in [-0.1, -0.05) is 0 Å². The Bertz CT molecular complexity index is 1090. The van der Waals surface area contributed by atoms with Crippen LogP contribution in [-0.4, -0.2) is 19.1 Å². The molecule has 0 aliphatic heterocycles. The lowest BCUT2D eigenvalue weighted by Gasteiger charge is -2.11. The van der Waals surface area contributed by atoms with Gasteiger partial charge >= 0.3 is 5.69 Å². The molecule has 0 saturated carbocycles. The van der Waals surface area contributed by atoms with Gasteiger partial charge < -0.3 is 9.40 Å². The Balaban J connectivity index is 1.90. The second-order valence-electron chi connectivity index (χ2n) is 5.48. The molecule has 0 radical (unpaired) electrons. The minimum Gasteiger partial charge on any atom is -0.472 e. The van der Waals surface area contributed by atoms with E-state index in [4.69, 9.17) is 4.42 Å². The van der Waals surface area contributed by atoms with E-state index in [1.807, 2.05) is 12.1 Å². The van der Waals surface area contributed by atoms with Gasteiger partial charge in [-0.05, 0) is 29.8 Å². The number of aromatic amines is 1. The third-order valence-corrected chi connectivity index (χ3v) is 3.95. The van der Waals surface area contributed by atoms with Gasteiger partial charge in [-0.15, -0.1) is 0 Å². The molecule has 4 rings (SSSR count). The maximum atomic E-state index is 12.9. The summed E-state index contributed by atoms with van der Waals surface area (Å²) in [5.41, 5.74) is 1.99. The number of hydrogen-bond donors (Lipinski definition) is 1. The second-order valence-corrected chi connectivity index (χ2v) is 5.48. The normalized spacial score (nSPS) is 11.2. The van der Waals surface area contributed by atoms with Crippen molar-refractivity contribution in [3.05, 3.63) is 87.3 Å². The summed E-state index contributed by atoms with van der Waals surface area (Å²) < 4.78 is 7.82. The highest BCUT2D eigenvalue weighted by molar-refractivity contribution is 5.74. The van der Waals surface area contributed by atoms with E-state index in [-0.39, 0.29) is 17.8 Å². The number of pyridine rings is 1. The zero-order valence-electron chi connectivity index (χ0n) is 12.7. The van der Waals surface area contributed by atoms with Crippen LogP contribution in [0.1, 0.15) is 11.1 Å². The molecular weight excluding hydrogens is 308 g/mol. The topological polar surface area (TPSA) is 85.8 Å². The molecule has 0 spiro atoms. The Morgan fingerprint density at radius 1 is 1.00 bits per heavy atom. The van der Waals surface area contributed by atoms with Crippen molar-refractivity contribution < 1.29 is 4.42 Å². The van der Waals surface area contributed by atoms with Crippen LogP contribution >= 0.6 is 0 Å². The lowest BCUT2D eigenvalue weighted by molar-refractivity contribution is 0.558. The molecule has 0 aliphatic rings. The molecule has 0 fully saturated rings. The molecule has 1 N–H and O–H groups in total. The summed E-state index contributed by atoms with van der Waals surface area (Å²) in [5.74, 6) is 0. The van der Waals surface area contributed by atoms with Crippen LogP contribution in [0.3, 0.4) is 0 Å². The molecule has 120 valence electrons. The fourth-order valence-electron chi connectivity index (χ4n) is 2.76. The summed E-state index contributed by atoms with van der Waals surface area (Å²) in [6.45, 7) is 0.529. The molecule has 4 aromatic rings. The summed E-state index contributed by atoms with van der Waals surface area (Å²) in [6.07, 6.45) is 8.06. The van der Waals surface area contributed by atoms with Gasteiger partial charge in [0.2, 0.25) is 0 Å². The lowest BCUT2D eigenvalue weighted by Crippen LogP contribution is -2.40. The van der Waals surface area contributed by atoms with E-state index in [2.05, 4.69) is 9.97 Å². The standard InChI is InChI=1S/C17H14N4O3/c22-16-15-14(3-7-19-15)20(9-12-1-5-18-6-2-12)17(23)21(16)10-13-4-8-24-11-13/h1-8,11,19H,9-10H2. The number of hydrogen-bond acceptors (Lipinski definition) is 4. The largest absolute Gasteiger partial charge is 0.472 e. The van der Waals surface area contributed by atoms with Gasteiger partial charge in [0.25, 0.3) is 5.56 Å². The molecule has 0 amide bonds. The maximum absolute atomic E-state index is 12.9. The molecule has 0 bridgehead atoms. The summed E-state index contributed by atoms with van der Waals surface area (Å²) in [7, 11) is 0. The van der Waals surface area contributed by atoms with E-state index in [0.717, 1.165) is 11.1 Å². The van der Waals surface area contributed by atoms with Gasteiger partial charge in [0.1, 0.15) is 5.52 Å². The van der Waals surface area contributed by atoms with Crippen molar-refractivity contribution >= 4 is 11.0 Å². The van der Waals surface area contributed by atoms with Crippen molar-refractivity contribution in [3.63, 3.8) is 0 Å². The zero-order valence-corrected chi connectivity index (χ0v) is 12.7. The number of H-pyrrole nitrogens is 1. The minimum absolute atomic E-state index is 0.166. The molecule has 0 aliphatic carbocycles. The average Bonchev–Trinajstić information content (AvgIpc) is 3.28. The van der Waals surface area contributed by atoms with Gasteiger partial charge in [-0.3, -0.25) is 18.9 Å².